The van der Waals surface area contributed by atoms with Crippen molar-refractivity contribution >= 4 is 5.91 Å². The zero-order valence-corrected chi connectivity index (χ0v) is 10.2. The van der Waals surface area contributed by atoms with Crippen LogP contribution in [0.5, 0.6) is 5.75 Å². The number of benzene rings is 1. The van der Waals surface area contributed by atoms with Crippen molar-refractivity contribution < 1.29 is 9.53 Å². The van der Waals surface area contributed by atoms with Crippen LogP contribution in [-0.4, -0.2) is 19.6 Å². The largest absolute Gasteiger partial charge is 0.492 e. The molecule has 1 aromatic rings. The number of hydrogen-bond donors (Lipinski definition) is 1. The third-order valence-corrected chi connectivity index (χ3v) is 3.08. The fraction of sp³-hybridized carbons (Fsp3) is 0.462. The van der Waals surface area contributed by atoms with E-state index in [2.05, 4.69) is 19.2 Å². The number of fused-ring (bicyclic) bond motifs is 1. The van der Waals surface area contributed by atoms with E-state index >= 15 is 0 Å². The molecule has 2 rings (SSSR count). The van der Waals surface area contributed by atoms with E-state index in [4.69, 9.17) is 4.74 Å². The zero-order chi connectivity index (χ0) is 11.9. The van der Waals surface area contributed by atoms with Gasteiger partial charge in [0.2, 0.25) is 0 Å². The summed E-state index contributed by atoms with van der Waals surface area (Å²) in [7, 11) is 1.65. The number of aryl methyl sites for hydroxylation is 1. The van der Waals surface area contributed by atoms with Crippen molar-refractivity contribution in [2.75, 3.05) is 13.7 Å². The minimum Gasteiger partial charge on any atom is -0.492 e. The SMILES string of the molecule is CNC(=O)c1ccc(C)c2c1C(C)(C)CO2. The number of ether oxygens (including phenoxy) is 1. The van der Waals surface area contributed by atoms with Gasteiger partial charge in [0.1, 0.15) is 5.75 Å². The summed E-state index contributed by atoms with van der Waals surface area (Å²) in [4.78, 5) is 11.8. The van der Waals surface area contributed by atoms with Crippen molar-refractivity contribution in [1.29, 1.82) is 0 Å². The summed E-state index contributed by atoms with van der Waals surface area (Å²) in [6.07, 6.45) is 0. The molecule has 1 heterocycles. The minimum absolute atomic E-state index is 0.0465. The molecule has 0 atom stereocenters. The van der Waals surface area contributed by atoms with Crippen LogP contribution in [-0.2, 0) is 5.41 Å². The average molecular weight is 219 g/mol. The Morgan fingerprint density at radius 1 is 1.44 bits per heavy atom. The van der Waals surface area contributed by atoms with E-state index < -0.39 is 0 Å². The molecule has 0 saturated heterocycles. The van der Waals surface area contributed by atoms with Crippen molar-refractivity contribution in [3.8, 4) is 5.75 Å². The van der Waals surface area contributed by atoms with Crippen LogP contribution in [0.2, 0.25) is 0 Å². The maximum atomic E-state index is 11.8. The van der Waals surface area contributed by atoms with Crippen molar-refractivity contribution in [3.05, 3.63) is 28.8 Å². The Kier molecular flexibility index (Phi) is 2.41. The summed E-state index contributed by atoms with van der Waals surface area (Å²) in [5.41, 5.74) is 2.76. The van der Waals surface area contributed by atoms with Gasteiger partial charge in [-0.25, -0.2) is 0 Å². The van der Waals surface area contributed by atoms with Crippen LogP contribution in [0.15, 0.2) is 12.1 Å². The highest BCUT2D eigenvalue weighted by atomic mass is 16.5. The second kappa shape index (κ2) is 3.51. The van der Waals surface area contributed by atoms with Gasteiger partial charge in [0.05, 0.1) is 6.61 Å². The highest BCUT2D eigenvalue weighted by Crippen LogP contribution is 2.42. The first-order chi connectivity index (χ1) is 7.47. The van der Waals surface area contributed by atoms with E-state index in [1.54, 1.807) is 7.05 Å². The van der Waals surface area contributed by atoms with Crippen LogP contribution in [0.1, 0.15) is 35.3 Å². The molecule has 1 N–H and O–H groups in total. The fourth-order valence-electron chi connectivity index (χ4n) is 2.19. The van der Waals surface area contributed by atoms with Crippen LogP contribution < -0.4 is 10.1 Å². The van der Waals surface area contributed by atoms with Gasteiger partial charge in [-0.15, -0.1) is 0 Å². The van der Waals surface area contributed by atoms with Gasteiger partial charge in [-0.2, -0.15) is 0 Å². The highest BCUT2D eigenvalue weighted by Gasteiger charge is 2.36. The smallest absolute Gasteiger partial charge is 0.251 e. The van der Waals surface area contributed by atoms with Crippen molar-refractivity contribution in [2.45, 2.75) is 26.2 Å². The molecule has 1 aromatic carbocycles. The van der Waals surface area contributed by atoms with Crippen molar-refractivity contribution in [3.63, 3.8) is 0 Å². The topological polar surface area (TPSA) is 38.3 Å². The van der Waals surface area contributed by atoms with Gasteiger partial charge in [0.25, 0.3) is 5.91 Å². The van der Waals surface area contributed by atoms with Crippen LogP contribution in [0.25, 0.3) is 0 Å². The molecule has 3 heteroatoms. The number of hydrogen-bond acceptors (Lipinski definition) is 2. The summed E-state index contributed by atoms with van der Waals surface area (Å²) in [5.74, 6) is 0.834. The number of carbonyl (C=O) groups is 1. The molecule has 0 aromatic heterocycles. The lowest BCUT2D eigenvalue weighted by Crippen LogP contribution is -2.25. The van der Waals surface area contributed by atoms with Crippen molar-refractivity contribution in [2.24, 2.45) is 0 Å². The van der Waals surface area contributed by atoms with E-state index in [9.17, 15) is 4.79 Å². The lowest BCUT2D eigenvalue weighted by Gasteiger charge is -2.18. The van der Waals surface area contributed by atoms with E-state index in [-0.39, 0.29) is 11.3 Å². The highest BCUT2D eigenvalue weighted by molar-refractivity contribution is 5.97. The Hall–Kier alpha value is -1.51. The first kappa shape index (κ1) is 11.0. The molecule has 0 bridgehead atoms. The zero-order valence-electron chi connectivity index (χ0n) is 10.2. The first-order valence-corrected chi connectivity index (χ1v) is 5.46. The lowest BCUT2D eigenvalue weighted by atomic mass is 9.82. The predicted octanol–water partition coefficient (Wildman–Crippen LogP) is 2.02. The molecule has 0 radical (unpaired) electrons. The number of rotatable bonds is 1. The maximum absolute atomic E-state index is 11.8. The second-order valence-electron chi connectivity index (χ2n) is 4.89. The summed E-state index contributed by atoms with van der Waals surface area (Å²) in [6, 6.07) is 3.81. The number of amides is 1. The molecule has 0 saturated carbocycles. The second-order valence-corrected chi connectivity index (χ2v) is 4.89. The van der Waals surface area contributed by atoms with Crippen molar-refractivity contribution in [1.82, 2.24) is 5.32 Å². The lowest BCUT2D eigenvalue weighted by molar-refractivity contribution is 0.0961. The van der Waals surface area contributed by atoms with E-state index in [0.717, 1.165) is 22.4 Å². The standard InChI is InChI=1S/C13H17NO2/c1-8-5-6-9(12(15)14-4)10-11(8)16-7-13(10,2)3/h5-6H,7H2,1-4H3,(H,14,15). The monoisotopic (exact) mass is 219 g/mol. The third kappa shape index (κ3) is 1.47. The molecule has 1 aliphatic heterocycles. The Bertz CT molecular complexity index is 449. The molecule has 1 aliphatic rings. The molecule has 0 unspecified atom stereocenters. The fourth-order valence-corrected chi connectivity index (χ4v) is 2.19. The third-order valence-electron chi connectivity index (χ3n) is 3.08. The van der Waals surface area contributed by atoms with Gasteiger partial charge in [0, 0.05) is 23.6 Å². The minimum atomic E-state index is -0.0941. The van der Waals surface area contributed by atoms with Gasteiger partial charge in [-0.3, -0.25) is 4.79 Å². The molecule has 3 nitrogen and oxygen atoms in total. The van der Waals surface area contributed by atoms with Gasteiger partial charge in [0.15, 0.2) is 0 Å². The number of nitrogens with one attached hydrogen (secondary N) is 1. The summed E-state index contributed by atoms with van der Waals surface area (Å²) >= 11 is 0. The molecule has 0 fully saturated rings. The van der Waals surface area contributed by atoms with E-state index in [1.807, 2.05) is 19.1 Å². The first-order valence-electron chi connectivity index (χ1n) is 5.46. The van der Waals surface area contributed by atoms with Gasteiger partial charge >= 0.3 is 0 Å². The molecule has 1 amide bonds. The molecule has 86 valence electrons. The summed E-state index contributed by atoms with van der Waals surface area (Å²) < 4.78 is 5.70. The summed E-state index contributed by atoms with van der Waals surface area (Å²) in [5, 5.41) is 2.67. The molecule has 16 heavy (non-hydrogen) atoms. The predicted molar refractivity (Wildman–Crippen MR) is 63.1 cm³/mol. The molecule has 0 aliphatic carbocycles. The maximum Gasteiger partial charge on any atom is 0.251 e. The van der Waals surface area contributed by atoms with Gasteiger partial charge < -0.3 is 10.1 Å². The van der Waals surface area contributed by atoms with Crippen LogP contribution in [0, 0.1) is 6.92 Å². The van der Waals surface area contributed by atoms with Crippen LogP contribution in [0.4, 0.5) is 0 Å². The Morgan fingerprint density at radius 2 is 2.12 bits per heavy atom. The van der Waals surface area contributed by atoms with Gasteiger partial charge in [-0.05, 0) is 18.6 Å². The van der Waals surface area contributed by atoms with E-state index in [0.29, 0.717) is 6.61 Å². The van der Waals surface area contributed by atoms with Crippen LogP contribution >= 0.6 is 0 Å². The Morgan fingerprint density at radius 3 is 2.75 bits per heavy atom. The average Bonchev–Trinajstić information content (AvgIpc) is 2.56. The normalized spacial score (nSPS) is 16.5. The summed E-state index contributed by atoms with van der Waals surface area (Å²) in [6.45, 7) is 6.85. The quantitative estimate of drug-likeness (QED) is 0.784. The Balaban J connectivity index is 2.66. The molecular formula is C13H17NO2. The molecule has 0 spiro atoms. The Labute approximate surface area is 95.8 Å². The van der Waals surface area contributed by atoms with Gasteiger partial charge in [-0.1, -0.05) is 19.9 Å². The number of carbonyl (C=O) groups excluding carboxylic acids is 1. The van der Waals surface area contributed by atoms with E-state index in [1.165, 1.54) is 0 Å². The molecular weight excluding hydrogens is 202 g/mol. The van der Waals surface area contributed by atoms with Crippen LogP contribution in [0.3, 0.4) is 0 Å².